The number of hydrogen-bond acceptors (Lipinski definition) is 3. The molecule has 0 saturated carbocycles. The van der Waals surface area contributed by atoms with Crippen LogP contribution in [0.25, 0.3) is 0 Å². The van der Waals surface area contributed by atoms with Crippen molar-refractivity contribution in [3.05, 3.63) is 29.6 Å². The summed E-state index contributed by atoms with van der Waals surface area (Å²) in [4.78, 5) is 3.61. The van der Waals surface area contributed by atoms with Gasteiger partial charge in [-0.15, -0.1) is 0 Å². The summed E-state index contributed by atoms with van der Waals surface area (Å²) in [5, 5.41) is 10.5. The molecule has 0 aromatic heterocycles. The maximum atomic E-state index is 13.6. The van der Waals surface area contributed by atoms with Crippen molar-refractivity contribution < 1.29 is 17.6 Å². The molecular formula is C10H7F4N3S. The van der Waals surface area contributed by atoms with Gasteiger partial charge in [-0.25, -0.2) is 9.38 Å². The molecule has 0 heterocycles. The van der Waals surface area contributed by atoms with Crippen LogP contribution in [0.2, 0.25) is 0 Å². The summed E-state index contributed by atoms with van der Waals surface area (Å²) in [6.45, 7) is 0. The quantitative estimate of drug-likeness (QED) is 0.282. The van der Waals surface area contributed by atoms with E-state index in [2.05, 4.69) is 10.3 Å². The molecule has 0 atom stereocenters. The third kappa shape index (κ3) is 3.37. The molecule has 1 rings (SSSR count). The zero-order chi connectivity index (χ0) is 13.8. The highest BCUT2D eigenvalue weighted by atomic mass is 32.2. The molecule has 0 fully saturated rings. The topological polar surface area (TPSA) is 48.2 Å². The molecule has 0 bridgehead atoms. The number of aliphatic imine (C=N–C) groups is 1. The Morgan fingerprint density at radius 2 is 2.11 bits per heavy atom. The lowest BCUT2D eigenvalue weighted by Crippen LogP contribution is -2.13. The summed E-state index contributed by atoms with van der Waals surface area (Å²) in [6, 6.07) is 2.78. The highest BCUT2D eigenvalue weighted by molar-refractivity contribution is 8.13. The number of nitrogens with zero attached hydrogens (tertiary/aromatic N) is 2. The van der Waals surface area contributed by atoms with Crippen molar-refractivity contribution in [3.8, 4) is 6.19 Å². The molecule has 0 amide bonds. The van der Waals surface area contributed by atoms with E-state index in [1.165, 1.54) is 0 Å². The summed E-state index contributed by atoms with van der Waals surface area (Å²) in [5.41, 5.74) is -1.86. The van der Waals surface area contributed by atoms with Crippen LogP contribution in [0.15, 0.2) is 23.2 Å². The smallest absolute Gasteiger partial charge is 0.271 e. The number of amidine groups is 1. The fraction of sp³-hybridized carbons (Fsp3) is 0.200. The van der Waals surface area contributed by atoms with E-state index in [1.807, 2.05) is 0 Å². The Kier molecular flexibility index (Phi) is 4.55. The Labute approximate surface area is 105 Å². The van der Waals surface area contributed by atoms with Gasteiger partial charge >= 0.3 is 6.18 Å². The molecule has 0 aliphatic carbocycles. The third-order valence-corrected chi connectivity index (χ3v) is 2.44. The van der Waals surface area contributed by atoms with Gasteiger partial charge in [0.15, 0.2) is 17.2 Å². The third-order valence-electron chi connectivity index (χ3n) is 1.86. The lowest BCUT2D eigenvalue weighted by molar-refractivity contribution is -0.139. The molecule has 0 radical (unpaired) electrons. The van der Waals surface area contributed by atoms with Gasteiger partial charge in [-0.2, -0.15) is 18.4 Å². The molecule has 1 aromatic rings. The molecule has 8 heteroatoms. The molecule has 0 aliphatic heterocycles. The first-order chi connectivity index (χ1) is 8.40. The van der Waals surface area contributed by atoms with Gasteiger partial charge in [0.2, 0.25) is 0 Å². The van der Waals surface area contributed by atoms with Crippen molar-refractivity contribution in [2.75, 3.05) is 6.26 Å². The first-order valence-electron chi connectivity index (χ1n) is 4.53. The average molecular weight is 277 g/mol. The Morgan fingerprint density at radius 1 is 1.44 bits per heavy atom. The van der Waals surface area contributed by atoms with Crippen molar-refractivity contribution in [3.63, 3.8) is 0 Å². The number of benzene rings is 1. The summed E-state index contributed by atoms with van der Waals surface area (Å²) in [5.74, 6) is -1.46. The molecular weight excluding hydrogens is 270 g/mol. The minimum Gasteiger partial charge on any atom is -0.271 e. The van der Waals surface area contributed by atoms with Crippen LogP contribution in [0.1, 0.15) is 5.56 Å². The number of nitrogens with one attached hydrogen (secondary N) is 1. The van der Waals surface area contributed by atoms with Crippen LogP contribution in [-0.4, -0.2) is 11.4 Å². The second-order valence-electron chi connectivity index (χ2n) is 2.99. The Bertz CT molecular complexity index is 505. The Balaban J connectivity index is 3.24. The highest BCUT2D eigenvalue weighted by Gasteiger charge is 2.34. The van der Waals surface area contributed by atoms with E-state index >= 15 is 0 Å². The van der Waals surface area contributed by atoms with Crippen LogP contribution in [0.5, 0.6) is 0 Å². The van der Waals surface area contributed by atoms with E-state index in [0.717, 1.165) is 23.9 Å². The molecule has 0 aliphatic rings. The monoisotopic (exact) mass is 277 g/mol. The molecule has 3 nitrogen and oxygen atoms in total. The largest absolute Gasteiger partial charge is 0.419 e. The lowest BCUT2D eigenvalue weighted by atomic mass is 10.2. The van der Waals surface area contributed by atoms with Crippen LogP contribution in [0, 0.1) is 17.3 Å². The van der Waals surface area contributed by atoms with E-state index < -0.39 is 23.2 Å². The van der Waals surface area contributed by atoms with Gasteiger partial charge in [-0.05, 0) is 18.4 Å². The fourth-order valence-electron chi connectivity index (χ4n) is 1.11. The number of alkyl halides is 3. The van der Waals surface area contributed by atoms with Gasteiger partial charge in [0.05, 0.1) is 5.56 Å². The number of hydrogen-bond donors (Lipinski definition) is 1. The van der Waals surface area contributed by atoms with Crippen LogP contribution >= 0.6 is 11.8 Å². The summed E-state index contributed by atoms with van der Waals surface area (Å²) in [6.07, 6.45) is -1.67. The van der Waals surface area contributed by atoms with Gasteiger partial charge < -0.3 is 0 Å². The zero-order valence-electron chi connectivity index (χ0n) is 9.05. The summed E-state index contributed by atoms with van der Waals surface area (Å²) in [7, 11) is 0. The number of thioether (sulfide) groups is 1. The zero-order valence-corrected chi connectivity index (χ0v) is 9.86. The van der Waals surface area contributed by atoms with Gasteiger partial charge in [0, 0.05) is 0 Å². The molecule has 0 unspecified atom stereocenters. The van der Waals surface area contributed by atoms with Gasteiger partial charge in [-0.3, -0.25) is 5.32 Å². The molecule has 1 N–H and O–H groups in total. The molecule has 1 aromatic carbocycles. The predicted molar refractivity (Wildman–Crippen MR) is 60.8 cm³/mol. The number of halogens is 4. The van der Waals surface area contributed by atoms with Gasteiger partial charge in [-0.1, -0.05) is 17.8 Å². The van der Waals surface area contributed by atoms with Crippen molar-refractivity contribution >= 4 is 22.6 Å². The van der Waals surface area contributed by atoms with E-state index in [4.69, 9.17) is 5.26 Å². The van der Waals surface area contributed by atoms with Crippen molar-refractivity contribution in [2.24, 2.45) is 4.99 Å². The summed E-state index contributed by atoms with van der Waals surface area (Å²) >= 11 is 0.980. The fourth-order valence-corrected chi connectivity index (χ4v) is 1.44. The molecule has 0 saturated heterocycles. The van der Waals surface area contributed by atoms with Crippen LogP contribution in [-0.2, 0) is 6.18 Å². The number of nitriles is 1. The first kappa shape index (κ1) is 14.3. The van der Waals surface area contributed by atoms with E-state index in [-0.39, 0.29) is 5.17 Å². The molecule has 96 valence electrons. The predicted octanol–water partition coefficient (Wildman–Crippen LogP) is 3.27. The normalized spacial score (nSPS) is 12.1. The van der Waals surface area contributed by atoms with E-state index in [0.29, 0.717) is 6.07 Å². The van der Waals surface area contributed by atoms with Gasteiger partial charge in [0.25, 0.3) is 0 Å². The SMILES string of the molecule is CSC(=Nc1cccc(C(F)(F)F)c1F)NC#N. The maximum Gasteiger partial charge on any atom is 0.419 e. The van der Waals surface area contributed by atoms with Crippen molar-refractivity contribution in [1.82, 2.24) is 5.32 Å². The second-order valence-corrected chi connectivity index (χ2v) is 3.79. The lowest BCUT2D eigenvalue weighted by Gasteiger charge is -2.09. The van der Waals surface area contributed by atoms with Crippen LogP contribution < -0.4 is 5.32 Å². The van der Waals surface area contributed by atoms with E-state index in [1.54, 1.807) is 12.4 Å². The highest BCUT2D eigenvalue weighted by Crippen LogP contribution is 2.34. The van der Waals surface area contributed by atoms with Crippen molar-refractivity contribution in [1.29, 1.82) is 5.26 Å². The second kappa shape index (κ2) is 5.73. The Hall–Kier alpha value is -1.75. The average Bonchev–Trinajstić information content (AvgIpc) is 2.29. The maximum absolute atomic E-state index is 13.6. The van der Waals surface area contributed by atoms with E-state index in [9.17, 15) is 17.6 Å². The standard InChI is InChI=1S/C10H7F4N3S/c1-18-9(16-5-15)17-7-4-2-3-6(8(7)11)10(12,13)14/h2-4H,1H3,(H,16,17). The van der Waals surface area contributed by atoms with Crippen LogP contribution in [0.3, 0.4) is 0 Å². The molecule has 0 spiro atoms. The molecule has 18 heavy (non-hydrogen) atoms. The Morgan fingerprint density at radius 3 is 2.61 bits per heavy atom. The van der Waals surface area contributed by atoms with Crippen molar-refractivity contribution in [2.45, 2.75) is 6.18 Å². The minimum absolute atomic E-state index is 0.00993. The minimum atomic E-state index is -4.78. The van der Waals surface area contributed by atoms with Gasteiger partial charge in [0.1, 0.15) is 5.69 Å². The first-order valence-corrected chi connectivity index (χ1v) is 5.76. The summed E-state index contributed by atoms with van der Waals surface area (Å²) < 4.78 is 50.9. The number of rotatable bonds is 1. The van der Waals surface area contributed by atoms with Crippen LogP contribution in [0.4, 0.5) is 23.2 Å².